The Bertz CT molecular complexity index is 831. The van der Waals surface area contributed by atoms with E-state index in [1.54, 1.807) is 24.3 Å². The van der Waals surface area contributed by atoms with Crippen LogP contribution in [-0.2, 0) is 17.5 Å². The van der Waals surface area contributed by atoms with Crippen LogP contribution in [0.2, 0.25) is 0 Å². The quantitative estimate of drug-likeness (QED) is 0.849. The van der Waals surface area contributed by atoms with Crippen molar-refractivity contribution in [3.05, 3.63) is 70.8 Å². The summed E-state index contributed by atoms with van der Waals surface area (Å²) in [5.41, 5.74) is 0.374. The molecule has 26 heavy (non-hydrogen) atoms. The van der Waals surface area contributed by atoms with Gasteiger partial charge in [0.1, 0.15) is 0 Å². The maximum atomic E-state index is 13.0. The third-order valence-electron chi connectivity index (χ3n) is 4.47. The number of hydrogen-bond acceptors (Lipinski definition) is 2. The molecule has 136 valence electrons. The van der Waals surface area contributed by atoms with Gasteiger partial charge in [0.25, 0.3) is 5.91 Å². The Kier molecular flexibility index (Phi) is 4.71. The predicted molar refractivity (Wildman–Crippen MR) is 87.5 cm³/mol. The molecule has 0 saturated heterocycles. The normalized spacial score (nSPS) is 19.0. The van der Waals surface area contributed by atoms with Crippen LogP contribution in [0.4, 0.5) is 13.2 Å². The Hall–Kier alpha value is -2.83. The standard InChI is InChI=1S/C19H16F3NO3/c20-19(21,22)16-4-2-1-3-13(16)10-23-17(24)12-7-5-11(6-8-12)14-9-15(14)18(25)26/h1-8,14-15H,9-10H2,(H,23,24)(H,25,26). The number of carboxylic acids is 1. The minimum atomic E-state index is -4.48. The summed E-state index contributed by atoms with van der Waals surface area (Å²) in [6.07, 6.45) is -3.90. The van der Waals surface area contributed by atoms with Gasteiger partial charge in [-0.15, -0.1) is 0 Å². The number of benzene rings is 2. The summed E-state index contributed by atoms with van der Waals surface area (Å²) in [6.45, 7) is -0.236. The van der Waals surface area contributed by atoms with E-state index >= 15 is 0 Å². The summed E-state index contributed by atoms with van der Waals surface area (Å²) >= 11 is 0. The molecule has 1 saturated carbocycles. The Morgan fingerprint density at radius 1 is 1.08 bits per heavy atom. The van der Waals surface area contributed by atoms with Gasteiger partial charge >= 0.3 is 12.1 Å². The van der Waals surface area contributed by atoms with E-state index in [2.05, 4.69) is 5.32 Å². The molecular formula is C19H16F3NO3. The Labute approximate surface area is 147 Å². The smallest absolute Gasteiger partial charge is 0.416 e. The van der Waals surface area contributed by atoms with Gasteiger partial charge in [0.05, 0.1) is 11.5 Å². The summed E-state index contributed by atoms with van der Waals surface area (Å²) in [5.74, 6) is -1.74. The highest BCUT2D eigenvalue weighted by molar-refractivity contribution is 5.94. The Morgan fingerprint density at radius 3 is 2.31 bits per heavy atom. The monoisotopic (exact) mass is 363 g/mol. The number of carbonyl (C=O) groups is 2. The number of aliphatic carboxylic acids is 1. The molecule has 2 atom stereocenters. The van der Waals surface area contributed by atoms with Crippen LogP contribution in [0.1, 0.15) is 39.4 Å². The fraction of sp³-hybridized carbons (Fsp3) is 0.263. The van der Waals surface area contributed by atoms with E-state index in [-0.39, 0.29) is 23.9 Å². The summed E-state index contributed by atoms with van der Waals surface area (Å²) in [5, 5.41) is 11.4. The zero-order valence-corrected chi connectivity index (χ0v) is 13.6. The van der Waals surface area contributed by atoms with Crippen molar-refractivity contribution in [2.24, 2.45) is 5.92 Å². The molecular weight excluding hydrogens is 347 g/mol. The highest BCUT2D eigenvalue weighted by Gasteiger charge is 2.44. The number of halogens is 3. The maximum absolute atomic E-state index is 13.0. The van der Waals surface area contributed by atoms with Crippen LogP contribution in [0.15, 0.2) is 48.5 Å². The van der Waals surface area contributed by atoms with Crippen LogP contribution in [0.3, 0.4) is 0 Å². The van der Waals surface area contributed by atoms with Gasteiger partial charge in [0, 0.05) is 12.1 Å². The molecule has 0 aromatic heterocycles. The summed E-state index contributed by atoms with van der Waals surface area (Å²) < 4.78 is 38.9. The van der Waals surface area contributed by atoms with Gasteiger partial charge in [0.15, 0.2) is 0 Å². The van der Waals surface area contributed by atoms with Crippen molar-refractivity contribution in [1.29, 1.82) is 0 Å². The molecule has 2 unspecified atom stereocenters. The lowest BCUT2D eigenvalue weighted by Gasteiger charge is -2.13. The molecule has 0 spiro atoms. The summed E-state index contributed by atoms with van der Waals surface area (Å²) in [6, 6.07) is 11.6. The maximum Gasteiger partial charge on any atom is 0.416 e. The van der Waals surface area contributed by atoms with Crippen LogP contribution in [-0.4, -0.2) is 17.0 Å². The van der Waals surface area contributed by atoms with E-state index < -0.39 is 23.6 Å². The molecule has 7 heteroatoms. The van der Waals surface area contributed by atoms with Gasteiger partial charge in [-0.1, -0.05) is 30.3 Å². The van der Waals surface area contributed by atoms with Crippen LogP contribution in [0.5, 0.6) is 0 Å². The number of alkyl halides is 3. The van der Waals surface area contributed by atoms with Gasteiger partial charge in [-0.25, -0.2) is 0 Å². The van der Waals surface area contributed by atoms with Crippen molar-refractivity contribution in [3.63, 3.8) is 0 Å². The highest BCUT2D eigenvalue weighted by Crippen LogP contribution is 2.47. The SMILES string of the molecule is O=C(NCc1ccccc1C(F)(F)F)c1ccc(C2CC2C(=O)O)cc1. The van der Waals surface area contributed by atoms with Crippen molar-refractivity contribution in [2.45, 2.75) is 25.1 Å². The first-order chi connectivity index (χ1) is 12.3. The molecule has 2 aromatic rings. The van der Waals surface area contributed by atoms with E-state index in [9.17, 15) is 22.8 Å². The van der Waals surface area contributed by atoms with E-state index in [1.807, 2.05) is 0 Å². The third kappa shape index (κ3) is 3.87. The molecule has 4 nitrogen and oxygen atoms in total. The second kappa shape index (κ2) is 6.82. The zero-order chi connectivity index (χ0) is 18.9. The number of nitrogens with one attached hydrogen (secondary N) is 1. The van der Waals surface area contributed by atoms with Crippen molar-refractivity contribution in [3.8, 4) is 0 Å². The van der Waals surface area contributed by atoms with Gasteiger partial charge in [-0.3, -0.25) is 9.59 Å². The number of carbonyl (C=O) groups excluding carboxylic acids is 1. The van der Waals surface area contributed by atoms with Gasteiger partial charge in [0.2, 0.25) is 0 Å². The zero-order valence-electron chi connectivity index (χ0n) is 13.6. The Balaban J connectivity index is 1.64. The second-order valence-electron chi connectivity index (χ2n) is 6.25. The molecule has 1 aliphatic rings. The summed E-state index contributed by atoms with van der Waals surface area (Å²) in [4.78, 5) is 23.1. The molecule has 2 N–H and O–H groups in total. The average molecular weight is 363 g/mol. The minimum Gasteiger partial charge on any atom is -0.481 e. The van der Waals surface area contributed by atoms with Gasteiger partial charge in [-0.2, -0.15) is 13.2 Å². The first-order valence-electron chi connectivity index (χ1n) is 8.03. The van der Waals surface area contributed by atoms with E-state index in [0.717, 1.165) is 11.6 Å². The molecule has 1 fully saturated rings. The highest BCUT2D eigenvalue weighted by atomic mass is 19.4. The molecule has 0 bridgehead atoms. The van der Waals surface area contributed by atoms with Gasteiger partial charge < -0.3 is 10.4 Å². The van der Waals surface area contributed by atoms with Gasteiger partial charge in [-0.05, 0) is 41.7 Å². The lowest BCUT2D eigenvalue weighted by molar-refractivity contribution is -0.139. The lowest BCUT2D eigenvalue weighted by Crippen LogP contribution is -2.24. The van der Waals surface area contributed by atoms with Crippen LogP contribution in [0, 0.1) is 5.92 Å². The Morgan fingerprint density at radius 2 is 1.73 bits per heavy atom. The molecule has 2 aromatic carbocycles. The number of hydrogen-bond donors (Lipinski definition) is 2. The van der Waals surface area contributed by atoms with Crippen LogP contribution >= 0.6 is 0 Å². The predicted octanol–water partition coefficient (Wildman–Crippen LogP) is 3.82. The minimum absolute atomic E-state index is 0.00718. The first kappa shape index (κ1) is 18.0. The first-order valence-corrected chi connectivity index (χ1v) is 8.03. The van der Waals surface area contributed by atoms with E-state index in [1.165, 1.54) is 18.2 Å². The van der Waals surface area contributed by atoms with Crippen molar-refractivity contribution < 1.29 is 27.9 Å². The third-order valence-corrected chi connectivity index (χ3v) is 4.47. The average Bonchev–Trinajstić information content (AvgIpc) is 3.40. The molecule has 1 aliphatic carbocycles. The summed E-state index contributed by atoms with van der Waals surface area (Å²) in [7, 11) is 0. The second-order valence-corrected chi connectivity index (χ2v) is 6.25. The fourth-order valence-corrected chi connectivity index (χ4v) is 2.95. The molecule has 1 amide bonds. The van der Waals surface area contributed by atoms with Crippen LogP contribution < -0.4 is 5.32 Å². The molecule has 3 rings (SSSR count). The number of carboxylic acid groups (broad SMARTS) is 1. The fourth-order valence-electron chi connectivity index (χ4n) is 2.95. The number of rotatable bonds is 5. The lowest BCUT2D eigenvalue weighted by atomic mass is 10.1. The van der Waals surface area contributed by atoms with E-state index in [4.69, 9.17) is 5.11 Å². The molecule has 0 heterocycles. The van der Waals surface area contributed by atoms with E-state index in [0.29, 0.717) is 12.0 Å². The molecule has 0 aliphatic heterocycles. The number of amides is 1. The molecule has 0 radical (unpaired) electrons. The van der Waals surface area contributed by atoms with Crippen molar-refractivity contribution in [2.75, 3.05) is 0 Å². The van der Waals surface area contributed by atoms with Crippen molar-refractivity contribution in [1.82, 2.24) is 5.32 Å². The van der Waals surface area contributed by atoms with Crippen molar-refractivity contribution >= 4 is 11.9 Å². The topological polar surface area (TPSA) is 66.4 Å². The van der Waals surface area contributed by atoms with Crippen LogP contribution in [0.25, 0.3) is 0 Å². The largest absolute Gasteiger partial charge is 0.481 e.